The molecule has 82 valence electrons. The lowest BCUT2D eigenvalue weighted by molar-refractivity contribution is 0.762. The van der Waals surface area contributed by atoms with Gasteiger partial charge in [0, 0.05) is 19.7 Å². The Hall–Kier alpha value is -1.48. The van der Waals surface area contributed by atoms with Crippen LogP contribution in [0.25, 0.3) is 16.6 Å². The van der Waals surface area contributed by atoms with Gasteiger partial charge in [0.05, 0.1) is 11.0 Å². The zero-order chi connectivity index (χ0) is 11.1. The molecule has 0 amide bonds. The number of nitrogens with zero attached hydrogens (tertiary/aromatic N) is 2. The molecular weight excluding hydrogens is 222 g/mol. The second-order valence-electron chi connectivity index (χ2n) is 3.97. The maximum Gasteiger partial charge on any atom is 0.148 e. The van der Waals surface area contributed by atoms with Crippen LogP contribution in [0.5, 0.6) is 0 Å². The van der Waals surface area contributed by atoms with Crippen LogP contribution in [0.3, 0.4) is 0 Å². The fourth-order valence-corrected chi connectivity index (χ4v) is 2.33. The van der Waals surface area contributed by atoms with Crippen LogP contribution in [0.4, 0.5) is 0 Å². The Kier molecular flexibility index (Phi) is 2.14. The van der Waals surface area contributed by atoms with Crippen LogP contribution in [0.2, 0.25) is 0 Å². The van der Waals surface area contributed by atoms with E-state index in [1.807, 2.05) is 17.9 Å². The Morgan fingerprint density at radius 2 is 2.38 bits per heavy atom. The van der Waals surface area contributed by atoms with E-state index in [4.69, 9.17) is 11.6 Å². The number of allylic oxidation sites excluding steroid dienone is 1. The van der Waals surface area contributed by atoms with Gasteiger partial charge in [0.15, 0.2) is 0 Å². The summed E-state index contributed by atoms with van der Waals surface area (Å²) in [7, 11) is 2.00. The second kappa shape index (κ2) is 3.52. The smallest absolute Gasteiger partial charge is 0.148 e. The lowest BCUT2D eigenvalue weighted by Crippen LogP contribution is -2.08. The molecule has 4 heteroatoms. The lowest BCUT2D eigenvalue weighted by atomic mass is 10.0. The van der Waals surface area contributed by atoms with E-state index in [0.29, 0.717) is 0 Å². The number of nitrogens with one attached hydrogen (secondary N) is 1. The molecule has 1 N–H and O–H groups in total. The molecule has 0 bridgehead atoms. The van der Waals surface area contributed by atoms with Gasteiger partial charge in [0.1, 0.15) is 5.50 Å². The number of hydrogen-bond acceptors (Lipinski definition) is 1. The first-order valence-electron chi connectivity index (χ1n) is 5.26. The van der Waals surface area contributed by atoms with E-state index in [1.165, 1.54) is 5.52 Å². The number of aromatic nitrogens is 2. The minimum atomic E-state index is -0.245. The average molecular weight is 234 g/mol. The summed E-state index contributed by atoms with van der Waals surface area (Å²) >= 11 is 6.17. The largest absolute Gasteiger partial charge is 0.296 e. The number of aryl methyl sites for hydroxylation is 1. The molecule has 16 heavy (non-hydrogen) atoms. The molecule has 1 aromatic carbocycles. The summed E-state index contributed by atoms with van der Waals surface area (Å²) in [6.45, 7) is 0. The van der Waals surface area contributed by atoms with Crippen molar-refractivity contribution in [2.75, 3.05) is 0 Å². The van der Waals surface area contributed by atoms with Crippen molar-refractivity contribution in [3.05, 3.63) is 29.8 Å². The molecule has 0 saturated carbocycles. The molecule has 2 aromatic rings. The maximum atomic E-state index is 6.17. The van der Waals surface area contributed by atoms with Crippen LogP contribution in [-0.4, -0.2) is 21.5 Å². The Bertz CT molecular complexity index is 588. The summed E-state index contributed by atoms with van der Waals surface area (Å²) in [5, 5.41) is 3.18. The maximum absolute atomic E-state index is 6.17. The summed E-state index contributed by atoms with van der Waals surface area (Å²) in [5.74, 6) is 0. The molecule has 1 aromatic heterocycles. The van der Waals surface area contributed by atoms with Crippen LogP contribution in [-0.2, 0) is 7.05 Å². The first kappa shape index (κ1) is 9.73. The summed E-state index contributed by atoms with van der Waals surface area (Å²) < 4.78 is 1.99. The number of aromatic amines is 1. The molecule has 2 heterocycles. The van der Waals surface area contributed by atoms with Crippen molar-refractivity contribution in [1.29, 1.82) is 0 Å². The zero-order valence-corrected chi connectivity index (χ0v) is 9.70. The fourth-order valence-electron chi connectivity index (χ4n) is 2.04. The summed E-state index contributed by atoms with van der Waals surface area (Å²) in [6, 6.07) is 6.31. The molecule has 1 unspecified atom stereocenters. The predicted octanol–water partition coefficient (Wildman–Crippen LogP) is 2.93. The van der Waals surface area contributed by atoms with Gasteiger partial charge in [-0.25, -0.2) is 0 Å². The quantitative estimate of drug-likeness (QED) is 0.581. The summed E-state index contributed by atoms with van der Waals surface area (Å²) in [4.78, 5) is 4.22. The van der Waals surface area contributed by atoms with Crippen molar-refractivity contribution in [3.63, 3.8) is 0 Å². The Morgan fingerprint density at radius 3 is 3.12 bits per heavy atom. The number of H-pyrrole nitrogens is 1. The van der Waals surface area contributed by atoms with Crippen molar-refractivity contribution in [1.82, 2.24) is 9.78 Å². The van der Waals surface area contributed by atoms with Gasteiger partial charge in [0.25, 0.3) is 0 Å². The first-order chi connectivity index (χ1) is 7.75. The normalized spacial score (nSPS) is 20.4. The number of alkyl halides is 1. The first-order valence-corrected chi connectivity index (χ1v) is 5.70. The molecule has 0 radical (unpaired) electrons. The third-order valence-electron chi connectivity index (χ3n) is 2.92. The fraction of sp³-hybridized carbons (Fsp3) is 0.250. The van der Waals surface area contributed by atoms with Gasteiger partial charge in [-0.15, -0.1) is 0 Å². The molecule has 1 atom stereocenters. The highest BCUT2D eigenvalue weighted by Crippen LogP contribution is 2.28. The highest BCUT2D eigenvalue weighted by Gasteiger charge is 2.15. The molecule has 0 aliphatic carbocycles. The van der Waals surface area contributed by atoms with Gasteiger partial charge in [-0.2, -0.15) is 0 Å². The predicted molar refractivity (Wildman–Crippen MR) is 68.0 cm³/mol. The van der Waals surface area contributed by atoms with E-state index >= 15 is 0 Å². The van der Waals surface area contributed by atoms with Gasteiger partial charge >= 0.3 is 0 Å². The van der Waals surface area contributed by atoms with Crippen LogP contribution in [0.15, 0.2) is 29.3 Å². The molecule has 1 aliphatic rings. The van der Waals surface area contributed by atoms with Gasteiger partial charge in [0.2, 0.25) is 0 Å². The van der Waals surface area contributed by atoms with Crippen LogP contribution >= 0.6 is 11.6 Å². The third kappa shape index (κ3) is 1.39. The van der Waals surface area contributed by atoms with E-state index in [9.17, 15) is 0 Å². The molecule has 0 spiro atoms. The van der Waals surface area contributed by atoms with Crippen LogP contribution < -0.4 is 0 Å². The van der Waals surface area contributed by atoms with Crippen molar-refractivity contribution in [2.45, 2.75) is 11.9 Å². The highest BCUT2D eigenvalue weighted by atomic mass is 35.5. The minimum absolute atomic E-state index is 0.245. The van der Waals surface area contributed by atoms with Crippen molar-refractivity contribution >= 4 is 34.4 Å². The molecule has 1 aliphatic heterocycles. The van der Waals surface area contributed by atoms with Crippen molar-refractivity contribution in [3.8, 4) is 0 Å². The number of fused-ring (bicyclic) bond motifs is 1. The number of dihydropyridines is 1. The van der Waals surface area contributed by atoms with Crippen molar-refractivity contribution in [2.24, 2.45) is 12.0 Å². The number of rotatable bonds is 1. The van der Waals surface area contributed by atoms with Gasteiger partial charge in [-0.3, -0.25) is 14.8 Å². The highest BCUT2D eigenvalue weighted by molar-refractivity contribution is 6.27. The molecule has 3 rings (SSSR count). The van der Waals surface area contributed by atoms with Crippen molar-refractivity contribution < 1.29 is 0 Å². The van der Waals surface area contributed by atoms with E-state index in [1.54, 1.807) is 0 Å². The Labute approximate surface area is 98.4 Å². The monoisotopic (exact) mass is 233 g/mol. The average Bonchev–Trinajstić information content (AvgIpc) is 2.29. The van der Waals surface area contributed by atoms with E-state index in [0.717, 1.165) is 23.1 Å². The van der Waals surface area contributed by atoms with E-state index < -0.39 is 0 Å². The molecular formula is C12H12ClN3. The van der Waals surface area contributed by atoms with Gasteiger partial charge in [-0.1, -0.05) is 23.7 Å². The number of benzene rings is 1. The van der Waals surface area contributed by atoms with E-state index in [2.05, 4.69) is 34.4 Å². The van der Waals surface area contributed by atoms with Crippen LogP contribution in [0.1, 0.15) is 12.0 Å². The standard InChI is InChI=1S/C12H12ClN3/c1-16-11-7-8(4-5-10(11)15-16)9-3-2-6-14-12(9)13/h3-7,12,15H,2H2,1H3. The zero-order valence-electron chi connectivity index (χ0n) is 8.94. The number of halogens is 1. The second-order valence-corrected chi connectivity index (χ2v) is 4.38. The van der Waals surface area contributed by atoms with Gasteiger partial charge in [-0.05, 0) is 23.3 Å². The molecule has 3 nitrogen and oxygen atoms in total. The topological polar surface area (TPSA) is 33.1 Å². The SMILES string of the molecule is Cn1[nH]c2ccc(C3=CCC=NC3Cl)cc21. The lowest BCUT2D eigenvalue weighted by Gasteiger charge is -2.17. The Balaban J connectivity index is 2.06. The Morgan fingerprint density at radius 1 is 1.50 bits per heavy atom. The number of aliphatic imine (C=N–C) groups is 1. The summed E-state index contributed by atoms with van der Waals surface area (Å²) in [5.41, 5.74) is 4.38. The third-order valence-corrected chi connectivity index (χ3v) is 3.26. The minimum Gasteiger partial charge on any atom is -0.296 e. The molecule has 0 fully saturated rings. The summed E-state index contributed by atoms with van der Waals surface area (Å²) in [6.07, 6.45) is 4.86. The van der Waals surface area contributed by atoms with E-state index in [-0.39, 0.29) is 5.50 Å². The number of hydrogen-bond donors (Lipinski definition) is 1. The molecule has 0 saturated heterocycles. The van der Waals surface area contributed by atoms with Crippen LogP contribution in [0, 0.1) is 0 Å². The van der Waals surface area contributed by atoms with Gasteiger partial charge < -0.3 is 0 Å².